The molecule has 98 valence electrons. The summed E-state index contributed by atoms with van der Waals surface area (Å²) in [6.45, 7) is 4.56. The molecule has 18 heavy (non-hydrogen) atoms. The van der Waals surface area contributed by atoms with Crippen LogP contribution < -0.4 is 0 Å². The van der Waals surface area contributed by atoms with Crippen LogP contribution in [0, 0.1) is 0 Å². The van der Waals surface area contributed by atoms with Gasteiger partial charge in [0.25, 0.3) is 0 Å². The minimum atomic E-state index is 0.122. The lowest BCUT2D eigenvalue weighted by Gasteiger charge is -2.20. The topological polar surface area (TPSA) is 29.5 Å². The van der Waals surface area contributed by atoms with Gasteiger partial charge in [0, 0.05) is 19.7 Å². The van der Waals surface area contributed by atoms with E-state index in [1.807, 2.05) is 11.8 Å². The predicted octanol–water partition coefficient (Wildman–Crippen LogP) is 2.04. The summed E-state index contributed by atoms with van der Waals surface area (Å²) in [6, 6.07) is 8.47. The minimum absolute atomic E-state index is 0.122. The second-order valence-corrected chi connectivity index (χ2v) is 4.70. The lowest BCUT2D eigenvalue weighted by molar-refractivity contribution is -0.136. The Kier molecular flexibility index (Phi) is 4.76. The molecule has 0 aromatic heterocycles. The van der Waals surface area contributed by atoms with Gasteiger partial charge < -0.3 is 9.64 Å². The Balaban J connectivity index is 1.89. The summed E-state index contributed by atoms with van der Waals surface area (Å²) in [5.74, 6) is 0.122. The molecule has 0 saturated heterocycles. The molecule has 0 atom stereocenters. The highest BCUT2D eigenvalue weighted by Gasteiger charge is 2.17. The second kappa shape index (κ2) is 6.55. The first-order chi connectivity index (χ1) is 8.81. The Morgan fingerprint density at radius 1 is 1.22 bits per heavy atom. The largest absolute Gasteiger partial charge is 0.372 e. The maximum absolute atomic E-state index is 12.0. The lowest BCUT2D eigenvalue weighted by Crippen LogP contribution is -2.36. The number of nitrogens with zero attached hydrogens (tertiary/aromatic N) is 1. The van der Waals surface area contributed by atoms with Crippen molar-refractivity contribution in [3.63, 3.8) is 0 Å². The molecule has 0 saturated carbocycles. The van der Waals surface area contributed by atoms with Crippen molar-refractivity contribution in [3.8, 4) is 0 Å². The SMILES string of the molecule is CCCOCC(=O)N1CCc2ccccc2CC1. The molecule has 0 unspecified atom stereocenters. The van der Waals surface area contributed by atoms with E-state index in [1.165, 1.54) is 11.1 Å². The fraction of sp³-hybridized carbons (Fsp3) is 0.533. The number of amides is 1. The highest BCUT2D eigenvalue weighted by Crippen LogP contribution is 2.15. The molecule has 1 heterocycles. The number of benzene rings is 1. The number of fused-ring (bicyclic) bond motifs is 1. The molecule has 2 rings (SSSR count). The van der Waals surface area contributed by atoms with E-state index in [-0.39, 0.29) is 12.5 Å². The molecule has 1 amide bonds. The first-order valence-electron chi connectivity index (χ1n) is 6.73. The summed E-state index contributed by atoms with van der Waals surface area (Å²) in [5.41, 5.74) is 2.75. The van der Waals surface area contributed by atoms with Crippen LogP contribution in [-0.2, 0) is 22.4 Å². The van der Waals surface area contributed by atoms with E-state index in [1.54, 1.807) is 0 Å². The molecule has 0 fully saturated rings. The summed E-state index contributed by atoms with van der Waals surface area (Å²) < 4.78 is 5.32. The zero-order chi connectivity index (χ0) is 12.8. The van der Waals surface area contributed by atoms with Crippen LogP contribution in [0.2, 0.25) is 0 Å². The van der Waals surface area contributed by atoms with E-state index in [4.69, 9.17) is 4.74 Å². The maximum Gasteiger partial charge on any atom is 0.248 e. The molecule has 0 aliphatic carbocycles. The van der Waals surface area contributed by atoms with Gasteiger partial charge in [-0.25, -0.2) is 0 Å². The normalized spacial score (nSPS) is 15.1. The monoisotopic (exact) mass is 247 g/mol. The Labute approximate surface area is 109 Å². The van der Waals surface area contributed by atoms with Crippen LogP contribution in [0.5, 0.6) is 0 Å². The van der Waals surface area contributed by atoms with Crippen molar-refractivity contribution in [2.24, 2.45) is 0 Å². The number of carbonyl (C=O) groups is 1. The van der Waals surface area contributed by atoms with Gasteiger partial charge in [0.1, 0.15) is 6.61 Å². The average Bonchev–Trinajstić information content (AvgIpc) is 2.61. The number of hydrogen-bond donors (Lipinski definition) is 0. The van der Waals surface area contributed by atoms with Gasteiger partial charge in [0.2, 0.25) is 5.91 Å². The molecular weight excluding hydrogens is 226 g/mol. The summed E-state index contributed by atoms with van der Waals surface area (Å²) >= 11 is 0. The van der Waals surface area contributed by atoms with Crippen LogP contribution in [0.1, 0.15) is 24.5 Å². The Hall–Kier alpha value is -1.35. The molecule has 1 aromatic rings. The average molecular weight is 247 g/mol. The van der Waals surface area contributed by atoms with Crippen molar-refractivity contribution in [2.45, 2.75) is 26.2 Å². The van der Waals surface area contributed by atoms with Crippen molar-refractivity contribution in [1.82, 2.24) is 4.90 Å². The van der Waals surface area contributed by atoms with Crippen LogP contribution in [0.25, 0.3) is 0 Å². The van der Waals surface area contributed by atoms with Gasteiger partial charge in [-0.05, 0) is 30.4 Å². The first-order valence-corrected chi connectivity index (χ1v) is 6.73. The van der Waals surface area contributed by atoms with Crippen LogP contribution in [0.15, 0.2) is 24.3 Å². The van der Waals surface area contributed by atoms with E-state index in [2.05, 4.69) is 24.3 Å². The molecule has 1 aliphatic heterocycles. The maximum atomic E-state index is 12.0. The van der Waals surface area contributed by atoms with Gasteiger partial charge in [-0.15, -0.1) is 0 Å². The van der Waals surface area contributed by atoms with Crippen LogP contribution in [-0.4, -0.2) is 37.1 Å². The van der Waals surface area contributed by atoms with E-state index in [0.717, 1.165) is 32.4 Å². The first kappa shape index (κ1) is 13.1. The molecule has 3 heteroatoms. The van der Waals surface area contributed by atoms with Crippen LogP contribution >= 0.6 is 0 Å². The molecule has 1 aromatic carbocycles. The van der Waals surface area contributed by atoms with Crippen LogP contribution in [0.3, 0.4) is 0 Å². The summed E-state index contributed by atoms with van der Waals surface area (Å²) in [7, 11) is 0. The zero-order valence-corrected chi connectivity index (χ0v) is 11.0. The third-order valence-electron chi connectivity index (χ3n) is 3.35. The van der Waals surface area contributed by atoms with E-state index >= 15 is 0 Å². The van der Waals surface area contributed by atoms with Gasteiger partial charge in [0.05, 0.1) is 0 Å². The number of hydrogen-bond acceptors (Lipinski definition) is 2. The Morgan fingerprint density at radius 3 is 2.39 bits per heavy atom. The number of carbonyl (C=O) groups excluding carboxylic acids is 1. The second-order valence-electron chi connectivity index (χ2n) is 4.70. The summed E-state index contributed by atoms with van der Waals surface area (Å²) in [6.07, 6.45) is 2.87. The molecular formula is C15H21NO2. The zero-order valence-electron chi connectivity index (χ0n) is 11.0. The van der Waals surface area contributed by atoms with E-state index in [0.29, 0.717) is 6.61 Å². The third kappa shape index (κ3) is 3.33. The third-order valence-corrected chi connectivity index (χ3v) is 3.35. The highest BCUT2D eigenvalue weighted by atomic mass is 16.5. The van der Waals surface area contributed by atoms with Crippen molar-refractivity contribution in [2.75, 3.05) is 26.3 Å². The molecule has 3 nitrogen and oxygen atoms in total. The van der Waals surface area contributed by atoms with Gasteiger partial charge in [-0.2, -0.15) is 0 Å². The quantitative estimate of drug-likeness (QED) is 0.762. The standard InChI is InChI=1S/C15H21NO2/c1-2-11-18-12-15(17)16-9-7-13-5-3-4-6-14(13)8-10-16/h3-6H,2,7-12H2,1H3. The van der Waals surface area contributed by atoms with Crippen molar-refractivity contribution >= 4 is 5.91 Å². The van der Waals surface area contributed by atoms with Gasteiger partial charge >= 0.3 is 0 Å². The fourth-order valence-electron chi connectivity index (χ4n) is 2.31. The summed E-state index contributed by atoms with van der Waals surface area (Å²) in [5, 5.41) is 0. The lowest BCUT2D eigenvalue weighted by atomic mass is 10.0. The Bertz CT molecular complexity index is 376. The van der Waals surface area contributed by atoms with Gasteiger partial charge in [-0.1, -0.05) is 31.2 Å². The van der Waals surface area contributed by atoms with Gasteiger partial charge in [0.15, 0.2) is 0 Å². The molecule has 0 N–H and O–H groups in total. The van der Waals surface area contributed by atoms with Crippen molar-refractivity contribution in [1.29, 1.82) is 0 Å². The molecule has 0 spiro atoms. The van der Waals surface area contributed by atoms with Crippen molar-refractivity contribution in [3.05, 3.63) is 35.4 Å². The number of ether oxygens (including phenoxy) is 1. The predicted molar refractivity (Wildman–Crippen MR) is 71.5 cm³/mol. The van der Waals surface area contributed by atoms with Gasteiger partial charge in [-0.3, -0.25) is 4.79 Å². The fourth-order valence-corrected chi connectivity index (χ4v) is 2.31. The number of rotatable bonds is 4. The van der Waals surface area contributed by atoms with Crippen molar-refractivity contribution < 1.29 is 9.53 Å². The van der Waals surface area contributed by atoms with E-state index < -0.39 is 0 Å². The molecule has 1 aliphatic rings. The minimum Gasteiger partial charge on any atom is -0.372 e. The molecule has 0 bridgehead atoms. The highest BCUT2D eigenvalue weighted by molar-refractivity contribution is 5.77. The molecule has 0 radical (unpaired) electrons. The van der Waals surface area contributed by atoms with E-state index in [9.17, 15) is 4.79 Å². The summed E-state index contributed by atoms with van der Waals surface area (Å²) in [4.78, 5) is 13.9. The van der Waals surface area contributed by atoms with Crippen LogP contribution in [0.4, 0.5) is 0 Å². The smallest absolute Gasteiger partial charge is 0.248 e. The Morgan fingerprint density at radius 2 is 1.83 bits per heavy atom.